The summed E-state index contributed by atoms with van der Waals surface area (Å²) in [6, 6.07) is 8.59. The van der Waals surface area contributed by atoms with Crippen LogP contribution in [0.5, 0.6) is 17.2 Å². The van der Waals surface area contributed by atoms with Crippen LogP contribution in [-0.4, -0.2) is 47.9 Å². The predicted molar refractivity (Wildman–Crippen MR) is 142 cm³/mol. The van der Waals surface area contributed by atoms with Crippen LogP contribution < -0.4 is 15.2 Å². The summed E-state index contributed by atoms with van der Waals surface area (Å²) >= 11 is 0. The van der Waals surface area contributed by atoms with E-state index in [2.05, 4.69) is 9.72 Å². The molecule has 1 amide bonds. The molecule has 3 N–H and O–H groups in total. The Morgan fingerprint density at radius 3 is 2.26 bits per heavy atom. The number of aromatic hydroxyl groups is 1. The summed E-state index contributed by atoms with van der Waals surface area (Å²) < 4.78 is 19.9. The van der Waals surface area contributed by atoms with Gasteiger partial charge in [-0.05, 0) is 38.3 Å². The van der Waals surface area contributed by atoms with Crippen molar-refractivity contribution in [3.63, 3.8) is 0 Å². The Labute approximate surface area is 224 Å². The molecule has 1 fully saturated rings. The molecule has 1 saturated carbocycles. The first-order valence-electron chi connectivity index (χ1n) is 12.6. The maximum Gasteiger partial charge on any atom is 0.305 e. The summed E-state index contributed by atoms with van der Waals surface area (Å²) in [5.74, 6) is 0.126. The normalized spacial score (nSPS) is 13.1. The Kier molecular flexibility index (Phi) is 14.9. The smallest absolute Gasteiger partial charge is 0.305 e. The monoisotopic (exact) mass is 532 g/mol. The van der Waals surface area contributed by atoms with Gasteiger partial charge < -0.3 is 29.8 Å². The van der Waals surface area contributed by atoms with Crippen LogP contribution in [0, 0.1) is 12.8 Å². The van der Waals surface area contributed by atoms with Crippen molar-refractivity contribution in [3.05, 3.63) is 47.8 Å². The van der Waals surface area contributed by atoms with Crippen molar-refractivity contribution >= 4 is 17.8 Å². The molecule has 38 heavy (non-hydrogen) atoms. The molecule has 1 heterocycles. The van der Waals surface area contributed by atoms with Gasteiger partial charge in [0, 0.05) is 25.6 Å². The quantitative estimate of drug-likeness (QED) is 0.346. The van der Waals surface area contributed by atoms with Gasteiger partial charge in [-0.2, -0.15) is 0 Å². The molecule has 1 aliphatic rings. The van der Waals surface area contributed by atoms with Crippen LogP contribution in [0.4, 0.5) is 0 Å². The van der Waals surface area contributed by atoms with Crippen LogP contribution in [0.25, 0.3) is 0 Å². The van der Waals surface area contributed by atoms with E-state index >= 15 is 0 Å². The molecule has 0 spiro atoms. The molecular formula is C28H40N2O8. The lowest BCUT2D eigenvalue weighted by atomic mass is 10.0. The number of carbonyl (C=O) groups excluding carboxylic acids is 3. The van der Waals surface area contributed by atoms with Crippen molar-refractivity contribution in [2.75, 3.05) is 13.9 Å². The van der Waals surface area contributed by atoms with Crippen molar-refractivity contribution in [3.8, 4) is 17.2 Å². The molecule has 210 valence electrons. The lowest BCUT2D eigenvalue weighted by molar-refractivity contribution is -0.149. The summed E-state index contributed by atoms with van der Waals surface area (Å²) in [4.78, 5) is 36.4. The first-order valence-corrected chi connectivity index (χ1v) is 12.6. The van der Waals surface area contributed by atoms with E-state index in [0.29, 0.717) is 12.2 Å². The molecule has 1 unspecified atom stereocenters. The second-order valence-electron chi connectivity index (χ2n) is 8.83. The fourth-order valence-electron chi connectivity index (χ4n) is 3.69. The van der Waals surface area contributed by atoms with E-state index in [-0.39, 0.29) is 36.1 Å². The second-order valence-corrected chi connectivity index (χ2v) is 8.83. The van der Waals surface area contributed by atoms with Gasteiger partial charge in [0.25, 0.3) is 5.91 Å². The van der Waals surface area contributed by atoms with Crippen LogP contribution in [0.1, 0.15) is 75.3 Å². The molecule has 0 aliphatic heterocycles. The van der Waals surface area contributed by atoms with E-state index in [0.717, 1.165) is 12.3 Å². The number of carbonyl (C=O) groups is 3. The Balaban J connectivity index is 0.000000303. The number of phenolic OH excluding ortho intramolecular Hbond substituents is 1. The molecule has 10 heteroatoms. The van der Waals surface area contributed by atoms with Crippen LogP contribution >= 0.6 is 0 Å². The number of phenols is 1. The zero-order valence-electron chi connectivity index (χ0n) is 22.9. The van der Waals surface area contributed by atoms with E-state index in [9.17, 15) is 14.4 Å². The zero-order valence-corrected chi connectivity index (χ0v) is 22.9. The maximum absolute atomic E-state index is 11.1. The molecule has 1 aromatic carbocycles. The van der Waals surface area contributed by atoms with E-state index in [4.69, 9.17) is 25.1 Å². The number of pyridine rings is 1. The topological polar surface area (TPSA) is 147 Å². The predicted octanol–water partition coefficient (Wildman–Crippen LogP) is 4.70. The Morgan fingerprint density at radius 1 is 1.13 bits per heavy atom. The highest BCUT2D eigenvalue weighted by molar-refractivity contribution is 5.94. The molecule has 1 atom stereocenters. The van der Waals surface area contributed by atoms with E-state index in [1.807, 2.05) is 32.9 Å². The van der Waals surface area contributed by atoms with Gasteiger partial charge in [0.2, 0.25) is 6.79 Å². The highest BCUT2D eigenvalue weighted by atomic mass is 16.7. The van der Waals surface area contributed by atoms with Gasteiger partial charge in [0.1, 0.15) is 5.75 Å². The average molecular weight is 533 g/mol. The van der Waals surface area contributed by atoms with Gasteiger partial charge in [-0.25, -0.2) is 4.98 Å². The molecule has 0 radical (unpaired) electrons. The van der Waals surface area contributed by atoms with Crippen LogP contribution in [0.2, 0.25) is 0 Å². The number of hydrogen-bond donors (Lipinski definition) is 2. The molecule has 0 bridgehead atoms. The Morgan fingerprint density at radius 2 is 1.76 bits per heavy atom. The highest BCUT2D eigenvalue weighted by Crippen LogP contribution is 2.30. The summed E-state index contributed by atoms with van der Waals surface area (Å²) in [7, 11) is 1.40. The molecule has 10 nitrogen and oxygen atoms in total. The molecule has 2 aromatic rings. The number of primary amides is 1. The molecule has 0 saturated heterocycles. The van der Waals surface area contributed by atoms with Crippen molar-refractivity contribution < 1.29 is 38.4 Å². The molecule has 1 aliphatic carbocycles. The SMILES string of the molecule is CCC(=O)OC(C)CC1CCCC1.COc1ccnc(C(N)=O)c1OCOC(C)=O.Cc1ccc(O)cc1. The Hall–Kier alpha value is -3.82. The highest BCUT2D eigenvalue weighted by Gasteiger charge is 2.19. The van der Waals surface area contributed by atoms with Gasteiger partial charge in [0.15, 0.2) is 17.2 Å². The average Bonchev–Trinajstić information content (AvgIpc) is 3.39. The van der Waals surface area contributed by atoms with Gasteiger partial charge in [-0.15, -0.1) is 0 Å². The number of aromatic nitrogens is 1. The molecule has 1 aromatic heterocycles. The standard InChI is InChI=1S/C11H20O2.C10H12N2O5.C7H8O/c1-3-11(12)13-9(2)8-10-6-4-5-7-10;1-6(13)16-5-17-9-7(15-2)3-4-12-8(9)10(11)14;1-6-2-4-7(8)5-3-6/h9-10H,3-8H2,1-2H3;3-4H,5H2,1-2H3,(H2,11,14);2-5,8H,1H3. The van der Waals surface area contributed by atoms with Crippen LogP contribution in [0.3, 0.4) is 0 Å². The number of ether oxygens (including phenoxy) is 4. The second kappa shape index (κ2) is 17.6. The van der Waals surface area contributed by atoms with E-state index in [1.54, 1.807) is 12.1 Å². The summed E-state index contributed by atoms with van der Waals surface area (Å²) in [6.07, 6.45) is 8.41. The lowest BCUT2D eigenvalue weighted by Crippen LogP contribution is -2.17. The minimum atomic E-state index is -0.762. The third kappa shape index (κ3) is 12.9. The number of benzene rings is 1. The summed E-state index contributed by atoms with van der Waals surface area (Å²) in [5.41, 5.74) is 6.21. The Bertz CT molecular complexity index is 983. The number of nitrogens with zero attached hydrogens (tertiary/aromatic N) is 1. The number of amides is 1. The largest absolute Gasteiger partial charge is 0.508 e. The summed E-state index contributed by atoms with van der Waals surface area (Å²) in [5, 5.41) is 8.76. The van der Waals surface area contributed by atoms with Gasteiger partial charge in [0.05, 0.1) is 13.2 Å². The number of hydrogen-bond acceptors (Lipinski definition) is 9. The fourth-order valence-corrected chi connectivity index (χ4v) is 3.69. The molecular weight excluding hydrogens is 492 g/mol. The van der Waals surface area contributed by atoms with Crippen LogP contribution in [-0.2, 0) is 19.1 Å². The van der Waals surface area contributed by atoms with Crippen molar-refractivity contribution in [1.82, 2.24) is 4.98 Å². The maximum atomic E-state index is 11.1. The third-order valence-corrected chi connectivity index (χ3v) is 5.58. The number of methoxy groups -OCH3 is 1. The first-order chi connectivity index (χ1) is 18.1. The number of esters is 2. The first kappa shape index (κ1) is 32.2. The van der Waals surface area contributed by atoms with Crippen LogP contribution in [0.15, 0.2) is 36.5 Å². The van der Waals surface area contributed by atoms with Crippen molar-refractivity contribution in [2.24, 2.45) is 11.7 Å². The summed E-state index contributed by atoms with van der Waals surface area (Å²) in [6.45, 7) is 6.71. The van der Waals surface area contributed by atoms with E-state index < -0.39 is 11.9 Å². The van der Waals surface area contributed by atoms with Crippen molar-refractivity contribution in [2.45, 2.75) is 72.3 Å². The van der Waals surface area contributed by atoms with Gasteiger partial charge >= 0.3 is 11.9 Å². The fraction of sp³-hybridized carbons (Fsp3) is 0.500. The molecule has 3 rings (SSSR count). The zero-order chi connectivity index (χ0) is 28.5. The minimum Gasteiger partial charge on any atom is -0.508 e. The van der Waals surface area contributed by atoms with Gasteiger partial charge in [-0.1, -0.05) is 50.3 Å². The van der Waals surface area contributed by atoms with Crippen molar-refractivity contribution in [1.29, 1.82) is 0 Å². The third-order valence-electron chi connectivity index (χ3n) is 5.58. The number of rotatable bonds is 9. The minimum absolute atomic E-state index is 0.0451. The lowest BCUT2D eigenvalue weighted by Gasteiger charge is -2.16. The number of aryl methyl sites for hydroxylation is 1. The van der Waals surface area contributed by atoms with Gasteiger partial charge in [-0.3, -0.25) is 14.4 Å². The number of nitrogens with two attached hydrogens (primary N) is 1. The van der Waals surface area contributed by atoms with E-state index in [1.165, 1.54) is 57.5 Å².